The van der Waals surface area contributed by atoms with Crippen molar-refractivity contribution < 1.29 is 13.2 Å². The lowest BCUT2D eigenvalue weighted by molar-refractivity contribution is 0.0390. The van der Waals surface area contributed by atoms with Crippen molar-refractivity contribution in [3.8, 4) is 0 Å². The summed E-state index contributed by atoms with van der Waals surface area (Å²) in [5.74, 6) is 0. The summed E-state index contributed by atoms with van der Waals surface area (Å²) in [5.41, 5.74) is 1.42. The fraction of sp³-hybridized carbons (Fsp3) is 0.571. The highest BCUT2D eigenvalue weighted by molar-refractivity contribution is 7.89. The SMILES string of the molecule is Cc1cc(S(=O)(=O)NCCN2CCOCC2)c(C)cc1Cl. The monoisotopic (exact) mass is 332 g/mol. The number of ether oxygens (including phenoxy) is 1. The molecule has 5 nitrogen and oxygen atoms in total. The Morgan fingerprint density at radius 2 is 1.90 bits per heavy atom. The predicted octanol–water partition coefficient (Wildman–Crippen LogP) is 1.57. The van der Waals surface area contributed by atoms with Gasteiger partial charge in [-0.15, -0.1) is 0 Å². The normalized spacial score (nSPS) is 17.1. The molecular weight excluding hydrogens is 312 g/mol. The van der Waals surface area contributed by atoms with Gasteiger partial charge >= 0.3 is 0 Å². The number of morpholine rings is 1. The minimum absolute atomic E-state index is 0.298. The number of aryl methyl sites for hydroxylation is 2. The Labute approximate surface area is 131 Å². The molecule has 1 fully saturated rings. The number of benzene rings is 1. The lowest BCUT2D eigenvalue weighted by atomic mass is 10.2. The summed E-state index contributed by atoms with van der Waals surface area (Å²) in [6.45, 7) is 7.75. The van der Waals surface area contributed by atoms with Crippen LogP contribution in [0.4, 0.5) is 0 Å². The molecule has 0 aromatic heterocycles. The topological polar surface area (TPSA) is 58.6 Å². The first-order valence-electron chi connectivity index (χ1n) is 6.96. The van der Waals surface area contributed by atoms with E-state index in [0.717, 1.165) is 18.7 Å². The van der Waals surface area contributed by atoms with Crippen LogP contribution in [0.25, 0.3) is 0 Å². The van der Waals surface area contributed by atoms with E-state index < -0.39 is 10.0 Å². The van der Waals surface area contributed by atoms with Gasteiger partial charge in [0.05, 0.1) is 18.1 Å². The van der Waals surface area contributed by atoms with Crippen molar-refractivity contribution in [1.82, 2.24) is 9.62 Å². The standard InChI is InChI=1S/C14H21ClN2O3S/c1-11-10-14(12(2)9-13(11)15)21(18,19)16-3-4-17-5-7-20-8-6-17/h9-10,16H,3-8H2,1-2H3. The summed E-state index contributed by atoms with van der Waals surface area (Å²) in [7, 11) is -3.50. The quantitative estimate of drug-likeness (QED) is 0.889. The van der Waals surface area contributed by atoms with E-state index in [9.17, 15) is 8.42 Å². The average molecular weight is 333 g/mol. The molecule has 2 rings (SSSR count). The molecule has 0 radical (unpaired) electrons. The van der Waals surface area contributed by atoms with Crippen LogP contribution in [0.1, 0.15) is 11.1 Å². The molecular formula is C14H21ClN2O3S. The van der Waals surface area contributed by atoms with Gasteiger partial charge in [0.1, 0.15) is 0 Å². The summed E-state index contributed by atoms with van der Waals surface area (Å²) in [6.07, 6.45) is 0. The van der Waals surface area contributed by atoms with Crippen LogP contribution in [0, 0.1) is 13.8 Å². The number of hydrogen-bond acceptors (Lipinski definition) is 4. The van der Waals surface area contributed by atoms with Crippen molar-refractivity contribution in [3.05, 3.63) is 28.3 Å². The van der Waals surface area contributed by atoms with Crippen molar-refractivity contribution in [1.29, 1.82) is 0 Å². The zero-order chi connectivity index (χ0) is 15.5. The third-order valence-electron chi connectivity index (χ3n) is 3.57. The van der Waals surface area contributed by atoms with Crippen LogP contribution >= 0.6 is 11.6 Å². The zero-order valence-corrected chi connectivity index (χ0v) is 13.9. The summed E-state index contributed by atoms with van der Waals surface area (Å²) in [5, 5.41) is 0.583. The molecule has 1 aliphatic heterocycles. The van der Waals surface area contributed by atoms with Gasteiger partial charge in [-0.1, -0.05) is 11.6 Å². The molecule has 0 atom stereocenters. The largest absolute Gasteiger partial charge is 0.379 e. The Hall–Kier alpha value is -0.660. The molecule has 1 aromatic rings. The molecule has 0 amide bonds. The molecule has 1 N–H and O–H groups in total. The van der Waals surface area contributed by atoms with Crippen LogP contribution in [0.15, 0.2) is 17.0 Å². The van der Waals surface area contributed by atoms with Gasteiger partial charge in [0.25, 0.3) is 0 Å². The highest BCUT2D eigenvalue weighted by Gasteiger charge is 2.18. The third-order valence-corrected chi connectivity index (χ3v) is 5.58. The van der Waals surface area contributed by atoms with Gasteiger partial charge in [0.2, 0.25) is 10.0 Å². The maximum absolute atomic E-state index is 12.4. The molecule has 0 unspecified atom stereocenters. The first-order valence-corrected chi connectivity index (χ1v) is 8.83. The van der Waals surface area contributed by atoms with Crippen LogP contribution in [-0.2, 0) is 14.8 Å². The molecule has 118 valence electrons. The van der Waals surface area contributed by atoms with Gasteiger partial charge in [0.15, 0.2) is 0 Å². The highest BCUT2D eigenvalue weighted by atomic mass is 35.5. The van der Waals surface area contributed by atoms with Crippen molar-refractivity contribution in [2.45, 2.75) is 18.7 Å². The molecule has 1 saturated heterocycles. The van der Waals surface area contributed by atoms with Crippen LogP contribution < -0.4 is 4.72 Å². The maximum Gasteiger partial charge on any atom is 0.240 e. The molecule has 1 aliphatic rings. The third kappa shape index (κ3) is 4.40. The van der Waals surface area contributed by atoms with Crippen LogP contribution in [0.5, 0.6) is 0 Å². The maximum atomic E-state index is 12.4. The Balaban J connectivity index is 1.99. The minimum Gasteiger partial charge on any atom is -0.379 e. The summed E-state index contributed by atoms with van der Waals surface area (Å²) in [4.78, 5) is 2.48. The van der Waals surface area contributed by atoms with E-state index in [0.29, 0.717) is 41.8 Å². The number of rotatable bonds is 5. The molecule has 21 heavy (non-hydrogen) atoms. The predicted molar refractivity (Wildman–Crippen MR) is 83.4 cm³/mol. The van der Waals surface area contributed by atoms with E-state index in [1.165, 1.54) is 0 Å². The molecule has 0 bridgehead atoms. The van der Waals surface area contributed by atoms with Crippen LogP contribution in [0.2, 0.25) is 5.02 Å². The van der Waals surface area contributed by atoms with Crippen molar-refractivity contribution in [2.24, 2.45) is 0 Å². The van der Waals surface area contributed by atoms with E-state index in [1.54, 1.807) is 26.0 Å². The van der Waals surface area contributed by atoms with E-state index >= 15 is 0 Å². The van der Waals surface area contributed by atoms with Gasteiger partial charge < -0.3 is 4.74 Å². The average Bonchev–Trinajstić information content (AvgIpc) is 2.43. The Morgan fingerprint density at radius 3 is 2.57 bits per heavy atom. The number of sulfonamides is 1. The highest BCUT2D eigenvalue weighted by Crippen LogP contribution is 2.23. The molecule has 1 heterocycles. The first-order chi connectivity index (χ1) is 9.90. The number of nitrogens with one attached hydrogen (secondary N) is 1. The Bertz CT molecular complexity index is 598. The van der Waals surface area contributed by atoms with Crippen LogP contribution in [-0.4, -0.2) is 52.7 Å². The van der Waals surface area contributed by atoms with E-state index in [4.69, 9.17) is 16.3 Å². The summed E-state index contributed by atoms with van der Waals surface area (Å²) in [6, 6.07) is 3.31. The number of hydrogen-bond donors (Lipinski definition) is 1. The lowest BCUT2D eigenvalue weighted by Gasteiger charge is -2.26. The Kier molecular flexibility index (Phi) is 5.62. The second-order valence-corrected chi connectivity index (χ2v) is 7.36. The van der Waals surface area contributed by atoms with Gasteiger partial charge in [-0.25, -0.2) is 13.1 Å². The zero-order valence-electron chi connectivity index (χ0n) is 12.4. The second-order valence-electron chi connectivity index (χ2n) is 5.22. The molecule has 0 saturated carbocycles. The molecule has 7 heteroatoms. The molecule has 0 spiro atoms. The number of nitrogens with zero attached hydrogens (tertiary/aromatic N) is 1. The minimum atomic E-state index is -3.50. The molecule has 0 aliphatic carbocycles. The fourth-order valence-electron chi connectivity index (χ4n) is 2.28. The molecule has 1 aromatic carbocycles. The van der Waals surface area contributed by atoms with Gasteiger partial charge in [-0.3, -0.25) is 4.90 Å². The van der Waals surface area contributed by atoms with Crippen molar-refractivity contribution in [3.63, 3.8) is 0 Å². The van der Waals surface area contributed by atoms with Gasteiger partial charge in [-0.05, 0) is 37.1 Å². The fourth-order valence-corrected chi connectivity index (χ4v) is 3.83. The van der Waals surface area contributed by atoms with E-state index in [2.05, 4.69) is 9.62 Å². The van der Waals surface area contributed by atoms with Crippen molar-refractivity contribution in [2.75, 3.05) is 39.4 Å². The second kappa shape index (κ2) is 7.07. The summed E-state index contributed by atoms with van der Waals surface area (Å²) < 4.78 is 32.6. The van der Waals surface area contributed by atoms with E-state index in [1.807, 2.05) is 0 Å². The van der Waals surface area contributed by atoms with Gasteiger partial charge in [0, 0.05) is 31.2 Å². The first kappa shape index (κ1) is 16.7. The van der Waals surface area contributed by atoms with Crippen LogP contribution in [0.3, 0.4) is 0 Å². The van der Waals surface area contributed by atoms with Gasteiger partial charge in [-0.2, -0.15) is 0 Å². The summed E-state index contributed by atoms with van der Waals surface area (Å²) >= 11 is 6.01. The lowest BCUT2D eigenvalue weighted by Crippen LogP contribution is -2.41. The number of halogens is 1. The Morgan fingerprint density at radius 1 is 1.24 bits per heavy atom. The smallest absolute Gasteiger partial charge is 0.240 e. The van der Waals surface area contributed by atoms with E-state index in [-0.39, 0.29) is 0 Å². The van der Waals surface area contributed by atoms with Crippen molar-refractivity contribution >= 4 is 21.6 Å².